The molecule has 2 aromatic carbocycles. The van der Waals surface area contributed by atoms with Gasteiger partial charge in [0.25, 0.3) is 0 Å². The molecule has 0 amide bonds. The van der Waals surface area contributed by atoms with Gasteiger partial charge in [-0.05, 0) is 23.8 Å². The van der Waals surface area contributed by atoms with Gasteiger partial charge in [0.05, 0.1) is 18.5 Å². The fraction of sp³-hybridized carbons (Fsp3) is 0.143. The van der Waals surface area contributed by atoms with Gasteiger partial charge in [0, 0.05) is 5.69 Å². The number of nitrogen functional groups attached to an aromatic ring is 1. The predicted octanol–water partition coefficient (Wildman–Crippen LogP) is 2.24. The van der Waals surface area contributed by atoms with Gasteiger partial charge >= 0.3 is 0 Å². The van der Waals surface area contributed by atoms with E-state index in [0.717, 1.165) is 5.56 Å². The van der Waals surface area contributed by atoms with Crippen molar-refractivity contribution in [2.75, 3.05) is 16.3 Å². The second-order valence-corrected chi connectivity index (χ2v) is 6.26. The van der Waals surface area contributed by atoms with Crippen LogP contribution >= 0.6 is 0 Å². The minimum Gasteiger partial charge on any atom is -0.399 e. The molecule has 0 aliphatic heterocycles. The summed E-state index contributed by atoms with van der Waals surface area (Å²) in [5, 5.41) is 0. The zero-order valence-electron chi connectivity index (χ0n) is 10.7. The molecular weight excluding hydrogens is 260 g/mol. The van der Waals surface area contributed by atoms with E-state index in [1.54, 1.807) is 24.3 Å². The Balaban J connectivity index is 2.38. The molecule has 2 aromatic rings. The first kappa shape index (κ1) is 13.4. The summed E-state index contributed by atoms with van der Waals surface area (Å²) in [6, 6.07) is 16.3. The molecule has 0 atom stereocenters. The number of rotatable bonds is 4. The minimum atomic E-state index is -3.36. The van der Waals surface area contributed by atoms with Crippen LogP contribution in [-0.4, -0.2) is 14.7 Å². The van der Waals surface area contributed by atoms with Crippen molar-refractivity contribution in [3.63, 3.8) is 0 Å². The largest absolute Gasteiger partial charge is 0.399 e. The topological polar surface area (TPSA) is 63.4 Å². The zero-order valence-corrected chi connectivity index (χ0v) is 11.5. The van der Waals surface area contributed by atoms with E-state index >= 15 is 0 Å². The first-order chi connectivity index (χ1) is 8.97. The van der Waals surface area contributed by atoms with Crippen LogP contribution in [0.3, 0.4) is 0 Å². The van der Waals surface area contributed by atoms with Gasteiger partial charge in [-0.1, -0.05) is 36.4 Å². The average Bonchev–Trinajstić information content (AvgIpc) is 2.36. The molecule has 0 aliphatic rings. The molecule has 5 heteroatoms. The molecule has 0 spiro atoms. The normalized spacial score (nSPS) is 11.2. The van der Waals surface area contributed by atoms with Crippen LogP contribution in [0.1, 0.15) is 5.56 Å². The van der Waals surface area contributed by atoms with Gasteiger partial charge in [0.2, 0.25) is 10.0 Å². The number of hydrogen-bond donors (Lipinski definition) is 1. The fourth-order valence-electron chi connectivity index (χ4n) is 1.83. The third-order valence-electron chi connectivity index (χ3n) is 2.73. The lowest BCUT2D eigenvalue weighted by Crippen LogP contribution is -2.29. The van der Waals surface area contributed by atoms with Gasteiger partial charge in [-0.3, -0.25) is 4.31 Å². The summed E-state index contributed by atoms with van der Waals surface area (Å²) in [6.45, 7) is 0.295. The van der Waals surface area contributed by atoms with Crippen LogP contribution in [0.2, 0.25) is 0 Å². The molecule has 0 fully saturated rings. The van der Waals surface area contributed by atoms with Crippen LogP contribution in [0, 0.1) is 0 Å². The Morgan fingerprint density at radius 3 is 2.32 bits per heavy atom. The maximum Gasteiger partial charge on any atom is 0.232 e. The van der Waals surface area contributed by atoms with E-state index in [-0.39, 0.29) is 0 Å². The van der Waals surface area contributed by atoms with Crippen molar-refractivity contribution < 1.29 is 8.42 Å². The maximum absolute atomic E-state index is 11.9. The highest BCUT2D eigenvalue weighted by Gasteiger charge is 2.17. The summed E-state index contributed by atoms with van der Waals surface area (Å²) in [4.78, 5) is 0. The molecule has 0 saturated carbocycles. The second kappa shape index (κ2) is 5.32. The van der Waals surface area contributed by atoms with E-state index < -0.39 is 10.0 Å². The van der Waals surface area contributed by atoms with Crippen LogP contribution in [0.25, 0.3) is 0 Å². The maximum atomic E-state index is 11.9. The quantitative estimate of drug-likeness (QED) is 0.871. The molecule has 0 aromatic heterocycles. The van der Waals surface area contributed by atoms with Crippen LogP contribution in [0.15, 0.2) is 54.6 Å². The zero-order chi connectivity index (χ0) is 13.9. The van der Waals surface area contributed by atoms with E-state index in [1.807, 2.05) is 30.3 Å². The van der Waals surface area contributed by atoms with Crippen molar-refractivity contribution in [2.45, 2.75) is 6.54 Å². The summed E-state index contributed by atoms with van der Waals surface area (Å²) in [5.41, 5.74) is 7.75. The SMILES string of the molecule is CS(=O)(=O)N(Cc1ccccc1)c1cccc(N)c1. The van der Waals surface area contributed by atoms with Gasteiger partial charge < -0.3 is 5.73 Å². The van der Waals surface area contributed by atoms with Gasteiger partial charge in [-0.2, -0.15) is 0 Å². The number of anilines is 2. The number of nitrogens with two attached hydrogens (primary N) is 1. The third-order valence-corrected chi connectivity index (χ3v) is 3.87. The summed E-state index contributed by atoms with van der Waals surface area (Å²) in [6.07, 6.45) is 1.19. The Bertz CT molecular complexity index is 654. The van der Waals surface area contributed by atoms with Gasteiger partial charge in [-0.25, -0.2) is 8.42 Å². The molecule has 0 aliphatic carbocycles. The predicted molar refractivity (Wildman–Crippen MR) is 78.3 cm³/mol. The summed E-state index contributed by atoms with van der Waals surface area (Å²) >= 11 is 0. The summed E-state index contributed by atoms with van der Waals surface area (Å²) in [7, 11) is -3.36. The Morgan fingerprint density at radius 1 is 1.05 bits per heavy atom. The Hall–Kier alpha value is -2.01. The molecule has 2 rings (SSSR count). The highest BCUT2D eigenvalue weighted by molar-refractivity contribution is 7.92. The number of hydrogen-bond acceptors (Lipinski definition) is 3. The molecular formula is C14H16N2O2S. The fourth-order valence-corrected chi connectivity index (χ4v) is 2.71. The lowest BCUT2D eigenvalue weighted by Gasteiger charge is -2.22. The van der Waals surface area contributed by atoms with E-state index in [2.05, 4.69) is 0 Å². The average molecular weight is 276 g/mol. The highest BCUT2D eigenvalue weighted by atomic mass is 32.2. The van der Waals surface area contributed by atoms with Crippen molar-refractivity contribution in [2.24, 2.45) is 0 Å². The van der Waals surface area contributed by atoms with E-state index in [1.165, 1.54) is 10.6 Å². The Kier molecular flexibility index (Phi) is 3.76. The van der Waals surface area contributed by atoms with Crippen molar-refractivity contribution in [1.82, 2.24) is 0 Å². The van der Waals surface area contributed by atoms with Gasteiger partial charge in [0.15, 0.2) is 0 Å². The number of nitrogens with zero attached hydrogens (tertiary/aromatic N) is 1. The molecule has 19 heavy (non-hydrogen) atoms. The molecule has 0 radical (unpaired) electrons. The van der Waals surface area contributed by atoms with Crippen LogP contribution in [0.5, 0.6) is 0 Å². The molecule has 0 heterocycles. The number of sulfonamides is 1. The standard InChI is InChI=1S/C14H16N2O2S/c1-19(17,18)16(11-12-6-3-2-4-7-12)14-9-5-8-13(15)10-14/h2-10H,11,15H2,1H3. The molecule has 0 bridgehead atoms. The first-order valence-corrected chi connectivity index (χ1v) is 7.69. The van der Waals surface area contributed by atoms with E-state index in [4.69, 9.17) is 5.73 Å². The summed E-state index contributed by atoms with van der Waals surface area (Å²) < 4.78 is 25.2. The first-order valence-electron chi connectivity index (χ1n) is 5.84. The molecule has 0 unspecified atom stereocenters. The lowest BCUT2D eigenvalue weighted by molar-refractivity contribution is 0.596. The third kappa shape index (κ3) is 3.48. The van der Waals surface area contributed by atoms with Crippen LogP contribution < -0.4 is 10.0 Å². The van der Waals surface area contributed by atoms with Crippen molar-refractivity contribution in [3.05, 3.63) is 60.2 Å². The van der Waals surface area contributed by atoms with Crippen molar-refractivity contribution in [1.29, 1.82) is 0 Å². The van der Waals surface area contributed by atoms with Crippen LogP contribution in [-0.2, 0) is 16.6 Å². The Morgan fingerprint density at radius 2 is 1.74 bits per heavy atom. The smallest absolute Gasteiger partial charge is 0.232 e. The van der Waals surface area contributed by atoms with Crippen molar-refractivity contribution in [3.8, 4) is 0 Å². The molecule has 0 saturated heterocycles. The molecule has 2 N–H and O–H groups in total. The van der Waals surface area contributed by atoms with Gasteiger partial charge in [0.1, 0.15) is 0 Å². The van der Waals surface area contributed by atoms with Crippen LogP contribution in [0.4, 0.5) is 11.4 Å². The lowest BCUT2D eigenvalue weighted by atomic mass is 10.2. The van der Waals surface area contributed by atoms with Gasteiger partial charge in [-0.15, -0.1) is 0 Å². The summed E-state index contributed by atoms with van der Waals surface area (Å²) in [5.74, 6) is 0. The van der Waals surface area contributed by atoms with Crippen molar-refractivity contribution >= 4 is 21.4 Å². The minimum absolute atomic E-state index is 0.295. The Labute approximate surface area is 113 Å². The monoisotopic (exact) mass is 276 g/mol. The van der Waals surface area contributed by atoms with E-state index in [0.29, 0.717) is 17.9 Å². The van der Waals surface area contributed by atoms with E-state index in [9.17, 15) is 8.42 Å². The molecule has 4 nitrogen and oxygen atoms in total. The second-order valence-electron chi connectivity index (χ2n) is 4.35. The molecule has 100 valence electrons. The number of benzene rings is 2. The highest BCUT2D eigenvalue weighted by Crippen LogP contribution is 2.22.